The first-order chi connectivity index (χ1) is 11.6. The van der Waals surface area contributed by atoms with E-state index in [0.29, 0.717) is 6.61 Å². The number of nitro benzene ring substituents is 1. The van der Waals surface area contributed by atoms with Crippen molar-refractivity contribution in [3.63, 3.8) is 0 Å². The molecule has 0 spiro atoms. The van der Waals surface area contributed by atoms with Gasteiger partial charge in [0.25, 0.3) is 0 Å². The molecule has 24 heavy (non-hydrogen) atoms. The van der Waals surface area contributed by atoms with Crippen molar-refractivity contribution >= 4 is 25.1 Å². The number of ether oxygens (including phenoxy) is 1. The van der Waals surface area contributed by atoms with E-state index < -0.39 is 6.10 Å². The van der Waals surface area contributed by atoms with Gasteiger partial charge in [0.2, 0.25) is 0 Å². The van der Waals surface area contributed by atoms with Crippen LogP contribution < -0.4 is 4.46 Å². The summed E-state index contributed by atoms with van der Waals surface area (Å²) in [6.07, 6.45) is -0.571. The molecule has 1 N–H and O–H groups in total. The van der Waals surface area contributed by atoms with Crippen LogP contribution in [-0.2, 0) is 11.3 Å². The van der Waals surface area contributed by atoms with Gasteiger partial charge in [0.05, 0.1) is 0 Å². The van der Waals surface area contributed by atoms with Crippen LogP contribution in [0.4, 0.5) is 5.69 Å². The normalized spacial score (nSPS) is 13.4. The van der Waals surface area contributed by atoms with Gasteiger partial charge in [-0.3, -0.25) is 0 Å². The van der Waals surface area contributed by atoms with Crippen LogP contribution in [0.25, 0.3) is 0 Å². The predicted molar refractivity (Wildman–Crippen MR) is 94.6 cm³/mol. The summed E-state index contributed by atoms with van der Waals surface area (Å²) in [5, 5.41) is 22.0. The van der Waals surface area contributed by atoms with Crippen molar-refractivity contribution in [1.82, 2.24) is 0 Å². The second-order valence-corrected chi connectivity index (χ2v) is 7.81. The third kappa shape index (κ3) is 5.73. The Bertz CT molecular complexity index is 650. The second kappa shape index (κ2) is 9.55. The first kappa shape index (κ1) is 18.6. The minimum atomic E-state index is -0.571. The van der Waals surface area contributed by atoms with Crippen LogP contribution in [-0.4, -0.2) is 37.7 Å². The summed E-state index contributed by atoms with van der Waals surface area (Å²) in [5.41, 5.74) is 1.24. The maximum atomic E-state index is 11.0. The van der Waals surface area contributed by atoms with E-state index >= 15 is 0 Å². The van der Waals surface area contributed by atoms with Gasteiger partial charge >= 0.3 is 148 Å². The molecule has 2 aromatic carbocycles. The number of benzene rings is 2. The molecule has 0 amide bonds. The molecular weight excluding hydrogens is 373 g/mol. The summed E-state index contributed by atoms with van der Waals surface area (Å²) >= 11 is -0.0521. The van der Waals surface area contributed by atoms with Crippen LogP contribution in [0.1, 0.15) is 12.5 Å². The number of aliphatic hydroxyl groups excluding tert-OH is 1. The summed E-state index contributed by atoms with van der Waals surface area (Å²) in [6, 6.07) is 16.6. The molecule has 6 heteroatoms. The van der Waals surface area contributed by atoms with E-state index in [-0.39, 0.29) is 38.1 Å². The fourth-order valence-electron chi connectivity index (χ4n) is 2.10. The Labute approximate surface area is 148 Å². The molecule has 0 unspecified atom stereocenters. The van der Waals surface area contributed by atoms with Gasteiger partial charge < -0.3 is 0 Å². The Morgan fingerprint density at radius 3 is 2.54 bits per heavy atom. The van der Waals surface area contributed by atoms with Gasteiger partial charge in [-0.25, -0.2) is 0 Å². The molecule has 0 fully saturated rings. The van der Waals surface area contributed by atoms with Gasteiger partial charge in [-0.15, -0.1) is 0 Å². The molecule has 2 atom stereocenters. The third-order valence-electron chi connectivity index (χ3n) is 3.62. The summed E-state index contributed by atoms with van der Waals surface area (Å²) in [4.78, 5) is 10.7. The van der Waals surface area contributed by atoms with E-state index in [9.17, 15) is 15.2 Å². The van der Waals surface area contributed by atoms with E-state index in [2.05, 4.69) is 0 Å². The molecule has 0 saturated carbocycles. The van der Waals surface area contributed by atoms with Crippen molar-refractivity contribution in [2.45, 2.75) is 25.0 Å². The zero-order valence-corrected chi connectivity index (χ0v) is 15.2. The number of nitro groups is 1. The van der Waals surface area contributed by atoms with Crippen LogP contribution in [0.5, 0.6) is 0 Å². The van der Waals surface area contributed by atoms with E-state index in [4.69, 9.17) is 4.74 Å². The average molecular weight is 394 g/mol. The fraction of sp³-hybridized carbons (Fsp3) is 0.333. The fourth-order valence-corrected chi connectivity index (χ4v) is 4.47. The quantitative estimate of drug-likeness (QED) is 0.403. The van der Waals surface area contributed by atoms with Gasteiger partial charge in [0.15, 0.2) is 0 Å². The Balaban J connectivity index is 1.77. The van der Waals surface area contributed by atoms with E-state index in [0.717, 1.165) is 15.3 Å². The van der Waals surface area contributed by atoms with E-state index in [1.54, 1.807) is 12.1 Å². The number of para-hydroxylation sites is 1. The van der Waals surface area contributed by atoms with Crippen LogP contribution in [0.2, 0.25) is 5.32 Å². The molecule has 0 aliphatic heterocycles. The molecule has 0 aromatic heterocycles. The minimum absolute atomic E-state index is 0.0283. The van der Waals surface area contributed by atoms with E-state index in [1.165, 1.54) is 6.07 Å². The molecule has 0 radical (unpaired) electrons. The maximum absolute atomic E-state index is 11.0. The monoisotopic (exact) mass is 395 g/mol. The molecule has 0 aliphatic rings. The molecule has 0 heterocycles. The average Bonchev–Trinajstić information content (AvgIpc) is 2.60. The van der Waals surface area contributed by atoms with Crippen molar-refractivity contribution in [3.05, 3.63) is 70.3 Å². The van der Waals surface area contributed by atoms with Crippen LogP contribution in [0.3, 0.4) is 0 Å². The number of hydrogen-bond acceptors (Lipinski definition) is 4. The Hall–Kier alpha value is -1.72. The summed E-state index contributed by atoms with van der Waals surface area (Å²) in [5.74, 6) is 0.0283. The Morgan fingerprint density at radius 2 is 1.83 bits per heavy atom. The summed E-state index contributed by atoms with van der Waals surface area (Å²) < 4.78 is 6.33. The van der Waals surface area contributed by atoms with Crippen molar-refractivity contribution in [2.75, 3.05) is 6.61 Å². The van der Waals surface area contributed by atoms with Crippen LogP contribution in [0.15, 0.2) is 54.6 Å². The number of hydrogen-bond donors (Lipinski definition) is 1. The van der Waals surface area contributed by atoms with Crippen molar-refractivity contribution in [3.8, 4) is 0 Å². The molecular formula is C18H21NO4Se. The van der Waals surface area contributed by atoms with Gasteiger partial charge in [-0.2, -0.15) is 0 Å². The molecule has 2 aromatic rings. The number of rotatable bonds is 9. The Kier molecular flexibility index (Phi) is 7.40. The second-order valence-electron chi connectivity index (χ2n) is 5.58. The summed E-state index contributed by atoms with van der Waals surface area (Å²) in [7, 11) is 0. The molecule has 0 saturated heterocycles. The van der Waals surface area contributed by atoms with Gasteiger partial charge in [0.1, 0.15) is 0 Å². The van der Waals surface area contributed by atoms with Gasteiger partial charge in [-0.1, -0.05) is 0 Å². The molecule has 2 rings (SSSR count). The third-order valence-corrected chi connectivity index (χ3v) is 6.45. The van der Waals surface area contributed by atoms with Crippen molar-refractivity contribution in [2.24, 2.45) is 5.92 Å². The molecule has 0 aliphatic carbocycles. The zero-order valence-electron chi connectivity index (χ0n) is 13.5. The first-order valence-corrected chi connectivity index (χ1v) is 9.80. The Morgan fingerprint density at radius 1 is 1.17 bits per heavy atom. The van der Waals surface area contributed by atoms with Crippen molar-refractivity contribution in [1.29, 1.82) is 0 Å². The topological polar surface area (TPSA) is 72.6 Å². The van der Waals surface area contributed by atoms with E-state index in [1.807, 2.05) is 43.3 Å². The predicted octanol–water partition coefficient (Wildman–Crippen LogP) is 2.56. The van der Waals surface area contributed by atoms with Crippen LogP contribution in [0, 0.1) is 16.0 Å². The van der Waals surface area contributed by atoms with Gasteiger partial charge in [0, 0.05) is 0 Å². The summed E-state index contributed by atoms with van der Waals surface area (Å²) in [6.45, 7) is 2.69. The first-order valence-electron chi connectivity index (χ1n) is 7.74. The zero-order chi connectivity index (χ0) is 17.4. The molecule has 5 nitrogen and oxygen atoms in total. The molecule has 0 bridgehead atoms. The van der Waals surface area contributed by atoms with Gasteiger partial charge in [-0.05, 0) is 0 Å². The van der Waals surface area contributed by atoms with Crippen molar-refractivity contribution < 1.29 is 14.8 Å². The standard InChI is InChI=1S/C18H21NO4Se/c1-14(13-24-18-10-6-5-9-16(18)19(21)22)17(20)12-23-11-15-7-3-2-4-8-15/h2-10,14,17,20H,11-13H2,1H3/t14-,17-/m1/s1. The molecule has 128 valence electrons. The SMILES string of the molecule is C[C@H](C[Se]c1ccccc1[N+](=O)[O-])[C@H](O)COCc1ccccc1. The number of nitrogens with zero attached hydrogens (tertiary/aromatic N) is 1. The number of aliphatic hydroxyl groups is 1. The van der Waals surface area contributed by atoms with Crippen LogP contribution >= 0.6 is 0 Å².